The highest BCUT2D eigenvalue weighted by Gasteiger charge is 2.27. The van der Waals surface area contributed by atoms with E-state index < -0.39 is 22.8 Å². The van der Waals surface area contributed by atoms with E-state index >= 15 is 8.78 Å². The molecule has 0 fully saturated rings. The third kappa shape index (κ3) is 3.94. The van der Waals surface area contributed by atoms with Gasteiger partial charge < -0.3 is 0 Å². The molecule has 0 radical (unpaired) electrons. The fourth-order valence-electron chi connectivity index (χ4n) is 2.93. The first kappa shape index (κ1) is 21.9. The molecule has 0 saturated heterocycles. The van der Waals surface area contributed by atoms with Crippen molar-refractivity contribution in [3.63, 3.8) is 0 Å². The third-order valence-electron chi connectivity index (χ3n) is 5.05. The van der Waals surface area contributed by atoms with Gasteiger partial charge in [-0.1, -0.05) is 47.8 Å². The molecule has 0 atom stereocenters. The van der Waals surface area contributed by atoms with Crippen LogP contribution in [-0.4, -0.2) is 0 Å². The predicted octanol–water partition coefficient (Wildman–Crippen LogP) is 7.24. The van der Waals surface area contributed by atoms with Crippen LogP contribution < -0.4 is 0 Å². The predicted molar refractivity (Wildman–Crippen MR) is 116 cm³/mol. The molecular weight excluding hydrogens is 418 g/mol. The topological polar surface area (TPSA) is 47.6 Å². The van der Waals surface area contributed by atoms with Crippen LogP contribution in [0.4, 0.5) is 8.78 Å². The largest absolute Gasteiger partial charge is 0.204 e. The lowest BCUT2D eigenvalue weighted by atomic mass is 10.1. The van der Waals surface area contributed by atoms with E-state index in [0.29, 0.717) is 0 Å². The fraction of sp³-hybridized carbons (Fsp3) is 0.167. The average molecular weight is 437 g/mol. The molecule has 3 aromatic carbocycles. The van der Waals surface area contributed by atoms with Gasteiger partial charge in [0, 0.05) is 9.79 Å². The summed E-state index contributed by atoms with van der Waals surface area (Å²) in [4.78, 5) is 1.57. The summed E-state index contributed by atoms with van der Waals surface area (Å²) in [5, 5.41) is 18.8. The van der Waals surface area contributed by atoms with Gasteiger partial charge in [-0.25, -0.2) is 8.78 Å². The van der Waals surface area contributed by atoms with E-state index in [0.717, 1.165) is 55.6 Å². The van der Waals surface area contributed by atoms with Crippen LogP contribution in [0.2, 0.25) is 0 Å². The Morgan fingerprint density at radius 2 is 1.03 bits per heavy atom. The van der Waals surface area contributed by atoms with Crippen molar-refractivity contribution < 1.29 is 8.78 Å². The smallest absolute Gasteiger partial charge is 0.157 e. The minimum absolute atomic E-state index is 0.0163. The summed E-state index contributed by atoms with van der Waals surface area (Å²) in [6.07, 6.45) is 0. The van der Waals surface area contributed by atoms with Gasteiger partial charge in [-0.3, -0.25) is 0 Å². The first-order valence-corrected chi connectivity index (χ1v) is 10.8. The van der Waals surface area contributed by atoms with Crippen LogP contribution in [0, 0.1) is 62.0 Å². The standard InChI is InChI=1S/C24H18F2N2S2/c1-13-7-5-9-19(15(13)3)29-23-21(25)17(11-27)18(12-28)22(26)24(23)30-20-10-6-8-14(2)16(20)4/h5-10H,1-4H3. The van der Waals surface area contributed by atoms with E-state index in [9.17, 15) is 10.5 Å². The van der Waals surface area contributed by atoms with Crippen LogP contribution in [-0.2, 0) is 0 Å². The molecule has 0 aliphatic carbocycles. The molecule has 0 unspecified atom stereocenters. The lowest BCUT2D eigenvalue weighted by molar-refractivity contribution is 0.544. The highest BCUT2D eigenvalue weighted by molar-refractivity contribution is 8.02. The Bertz CT molecular complexity index is 1140. The van der Waals surface area contributed by atoms with E-state index in [1.54, 1.807) is 12.1 Å². The molecule has 2 nitrogen and oxygen atoms in total. The molecule has 0 bridgehead atoms. The molecule has 0 aromatic heterocycles. The molecule has 0 amide bonds. The van der Waals surface area contributed by atoms with Crippen LogP contribution >= 0.6 is 23.5 Å². The van der Waals surface area contributed by atoms with Crippen LogP contribution in [0.1, 0.15) is 33.4 Å². The normalized spacial score (nSPS) is 10.5. The number of hydrogen-bond acceptors (Lipinski definition) is 4. The van der Waals surface area contributed by atoms with Gasteiger partial charge >= 0.3 is 0 Å². The summed E-state index contributed by atoms with van der Waals surface area (Å²) in [7, 11) is 0. The second-order valence-corrected chi connectivity index (χ2v) is 8.96. The van der Waals surface area contributed by atoms with Crippen LogP contribution in [0.3, 0.4) is 0 Å². The molecule has 0 aliphatic heterocycles. The molecule has 0 spiro atoms. The monoisotopic (exact) mass is 436 g/mol. The number of rotatable bonds is 4. The van der Waals surface area contributed by atoms with E-state index in [4.69, 9.17) is 0 Å². The lowest BCUT2D eigenvalue weighted by Gasteiger charge is -2.16. The molecule has 0 aliphatic rings. The number of nitriles is 2. The Hall–Kier alpha value is -2.80. The van der Waals surface area contributed by atoms with E-state index in [1.807, 2.05) is 64.1 Å². The Balaban J connectivity index is 2.27. The maximum atomic E-state index is 15.4. The quantitative estimate of drug-likeness (QED) is 0.432. The van der Waals surface area contributed by atoms with Crippen molar-refractivity contribution in [2.75, 3.05) is 0 Å². The summed E-state index contributed by atoms with van der Waals surface area (Å²) in [5.74, 6) is -1.73. The fourth-order valence-corrected chi connectivity index (χ4v) is 5.29. The molecule has 30 heavy (non-hydrogen) atoms. The number of nitrogens with zero attached hydrogens (tertiary/aromatic N) is 2. The molecule has 3 aromatic rings. The first-order chi connectivity index (χ1) is 14.3. The molecule has 6 heteroatoms. The van der Waals surface area contributed by atoms with Crippen molar-refractivity contribution in [2.24, 2.45) is 0 Å². The zero-order chi connectivity index (χ0) is 22.0. The Morgan fingerprint density at radius 1 is 0.667 bits per heavy atom. The lowest BCUT2D eigenvalue weighted by Crippen LogP contribution is -2.02. The van der Waals surface area contributed by atoms with Gasteiger partial charge in [0.15, 0.2) is 11.6 Å². The van der Waals surface area contributed by atoms with Crippen LogP contribution in [0.25, 0.3) is 0 Å². The number of benzene rings is 3. The summed E-state index contributed by atoms with van der Waals surface area (Å²) in [6.45, 7) is 7.72. The summed E-state index contributed by atoms with van der Waals surface area (Å²) in [6, 6.07) is 14.6. The maximum absolute atomic E-state index is 15.4. The van der Waals surface area contributed by atoms with Gasteiger partial charge in [0.05, 0.1) is 9.79 Å². The molecule has 150 valence electrons. The number of aryl methyl sites for hydroxylation is 2. The highest BCUT2D eigenvalue weighted by Crippen LogP contribution is 2.45. The van der Waals surface area contributed by atoms with Crippen molar-refractivity contribution >= 4 is 23.5 Å². The SMILES string of the molecule is Cc1cccc(Sc2c(F)c(C#N)c(C#N)c(F)c2Sc2cccc(C)c2C)c1C. The molecule has 0 N–H and O–H groups in total. The summed E-state index contributed by atoms with van der Waals surface area (Å²) >= 11 is 2.15. The van der Waals surface area contributed by atoms with E-state index in [1.165, 1.54) is 0 Å². The minimum atomic E-state index is -0.867. The van der Waals surface area contributed by atoms with E-state index in [2.05, 4.69) is 0 Å². The average Bonchev–Trinajstić information content (AvgIpc) is 2.73. The Morgan fingerprint density at radius 3 is 1.37 bits per heavy atom. The van der Waals surface area contributed by atoms with Gasteiger partial charge in [0.1, 0.15) is 23.3 Å². The molecule has 0 saturated carbocycles. The maximum Gasteiger partial charge on any atom is 0.157 e. The second kappa shape index (κ2) is 8.92. The van der Waals surface area contributed by atoms with Crippen molar-refractivity contribution in [3.05, 3.63) is 81.4 Å². The first-order valence-electron chi connectivity index (χ1n) is 9.13. The number of halogens is 2. The van der Waals surface area contributed by atoms with Crippen molar-refractivity contribution in [1.29, 1.82) is 10.5 Å². The van der Waals surface area contributed by atoms with Crippen molar-refractivity contribution in [1.82, 2.24) is 0 Å². The molecule has 3 rings (SSSR count). The highest BCUT2D eigenvalue weighted by atomic mass is 32.2. The zero-order valence-electron chi connectivity index (χ0n) is 16.9. The number of hydrogen-bond donors (Lipinski definition) is 0. The Kier molecular flexibility index (Phi) is 6.51. The van der Waals surface area contributed by atoms with Crippen LogP contribution in [0.5, 0.6) is 0 Å². The minimum Gasteiger partial charge on any atom is -0.204 e. The van der Waals surface area contributed by atoms with Gasteiger partial charge in [-0.15, -0.1) is 0 Å². The molecule has 0 heterocycles. The summed E-state index contributed by atoms with van der Waals surface area (Å²) in [5.41, 5.74) is 2.83. The second-order valence-electron chi connectivity index (χ2n) is 6.86. The van der Waals surface area contributed by atoms with Gasteiger partial charge in [0.25, 0.3) is 0 Å². The van der Waals surface area contributed by atoms with Crippen LogP contribution in [0.15, 0.2) is 56.0 Å². The van der Waals surface area contributed by atoms with Gasteiger partial charge in [-0.05, 0) is 62.1 Å². The van der Waals surface area contributed by atoms with E-state index in [-0.39, 0.29) is 9.79 Å². The molecular formula is C24H18F2N2S2. The van der Waals surface area contributed by atoms with Crippen molar-refractivity contribution in [3.8, 4) is 12.1 Å². The summed E-state index contributed by atoms with van der Waals surface area (Å²) < 4.78 is 30.8. The Labute approximate surface area is 183 Å². The zero-order valence-corrected chi connectivity index (χ0v) is 18.6. The third-order valence-corrected chi connectivity index (χ3v) is 7.68. The van der Waals surface area contributed by atoms with Crippen molar-refractivity contribution in [2.45, 2.75) is 47.3 Å². The van der Waals surface area contributed by atoms with Gasteiger partial charge in [0.2, 0.25) is 0 Å². The van der Waals surface area contributed by atoms with Gasteiger partial charge in [-0.2, -0.15) is 10.5 Å².